The maximum Gasteiger partial charge on any atom is 0.220 e. The summed E-state index contributed by atoms with van der Waals surface area (Å²) in [5.41, 5.74) is 5.34. The molecule has 0 aromatic rings. The zero-order chi connectivity index (χ0) is 17.9. The van der Waals surface area contributed by atoms with Crippen LogP contribution in [0.4, 0.5) is 0 Å². The van der Waals surface area contributed by atoms with Crippen molar-refractivity contribution in [2.45, 2.75) is 109 Å². The van der Waals surface area contributed by atoms with Crippen LogP contribution in [0.1, 0.15) is 103 Å². The van der Waals surface area contributed by atoms with Gasteiger partial charge in [-0.1, -0.05) is 77.6 Å². The molecular formula is C20H42N2O2. The Morgan fingerprint density at radius 2 is 1.38 bits per heavy atom. The van der Waals surface area contributed by atoms with Crippen molar-refractivity contribution < 1.29 is 9.90 Å². The van der Waals surface area contributed by atoms with Gasteiger partial charge < -0.3 is 16.2 Å². The van der Waals surface area contributed by atoms with Gasteiger partial charge in [0, 0.05) is 19.5 Å². The van der Waals surface area contributed by atoms with E-state index in [1.54, 1.807) is 0 Å². The normalized spacial score (nSPS) is 12.3. The number of nitrogens with one attached hydrogen (secondary N) is 1. The highest BCUT2D eigenvalue weighted by molar-refractivity contribution is 5.75. The van der Waals surface area contributed by atoms with Crippen LogP contribution >= 0.6 is 0 Å². The van der Waals surface area contributed by atoms with E-state index in [-0.39, 0.29) is 12.0 Å². The average molecular weight is 343 g/mol. The van der Waals surface area contributed by atoms with Crippen molar-refractivity contribution in [1.29, 1.82) is 0 Å². The summed E-state index contributed by atoms with van der Waals surface area (Å²) in [5, 5.41) is 12.7. The quantitative estimate of drug-likeness (QED) is 0.325. The molecule has 0 aliphatic carbocycles. The van der Waals surface area contributed by atoms with Crippen molar-refractivity contribution in [3.63, 3.8) is 0 Å². The fourth-order valence-corrected chi connectivity index (χ4v) is 2.98. The zero-order valence-electron chi connectivity index (χ0n) is 16.0. The molecular weight excluding hydrogens is 300 g/mol. The molecule has 0 saturated carbocycles. The van der Waals surface area contributed by atoms with Crippen LogP contribution in [0.15, 0.2) is 0 Å². The number of hydrogen-bond acceptors (Lipinski definition) is 3. The number of hydrogen-bond donors (Lipinski definition) is 3. The van der Waals surface area contributed by atoms with Crippen molar-refractivity contribution in [2.75, 3.05) is 13.1 Å². The van der Waals surface area contributed by atoms with Gasteiger partial charge in [-0.15, -0.1) is 0 Å². The summed E-state index contributed by atoms with van der Waals surface area (Å²) in [6.45, 7) is 3.32. The highest BCUT2D eigenvalue weighted by atomic mass is 16.3. The minimum atomic E-state index is -0.0766. The second kappa shape index (κ2) is 18.7. The van der Waals surface area contributed by atoms with Crippen LogP contribution < -0.4 is 11.1 Å². The number of nitrogens with two attached hydrogens (primary N) is 1. The Morgan fingerprint density at radius 3 is 1.92 bits per heavy atom. The van der Waals surface area contributed by atoms with Crippen LogP contribution in [0, 0.1) is 0 Å². The van der Waals surface area contributed by atoms with Gasteiger partial charge in [-0.05, 0) is 19.3 Å². The van der Waals surface area contributed by atoms with Crippen LogP contribution in [-0.2, 0) is 4.79 Å². The molecule has 1 amide bonds. The Balaban J connectivity index is 3.18. The number of aliphatic hydroxyl groups excluding tert-OH is 1. The van der Waals surface area contributed by atoms with Crippen molar-refractivity contribution in [3.05, 3.63) is 0 Å². The molecule has 1 unspecified atom stereocenters. The minimum absolute atomic E-state index is 0.0766. The molecule has 0 bridgehead atoms. The van der Waals surface area contributed by atoms with Crippen LogP contribution in [0.2, 0.25) is 0 Å². The largest absolute Gasteiger partial charge is 0.393 e. The highest BCUT2D eigenvalue weighted by Crippen LogP contribution is 2.14. The zero-order valence-corrected chi connectivity index (χ0v) is 16.0. The summed E-state index contributed by atoms with van der Waals surface area (Å²) in [6.07, 6.45) is 17.1. The molecule has 4 nitrogen and oxygen atoms in total. The van der Waals surface area contributed by atoms with Crippen molar-refractivity contribution in [3.8, 4) is 0 Å². The molecule has 0 aromatic heterocycles. The van der Waals surface area contributed by atoms with E-state index in [2.05, 4.69) is 12.2 Å². The van der Waals surface area contributed by atoms with Gasteiger partial charge in [0.25, 0.3) is 0 Å². The Kier molecular flexibility index (Phi) is 18.2. The maximum atomic E-state index is 11.4. The van der Waals surface area contributed by atoms with Crippen LogP contribution in [0.25, 0.3) is 0 Å². The van der Waals surface area contributed by atoms with E-state index in [1.165, 1.54) is 57.8 Å². The Morgan fingerprint density at radius 1 is 0.875 bits per heavy atom. The Bertz CT molecular complexity index is 272. The SMILES string of the molecule is CCCCCCC(O)CCCCCCCCCCC(=O)NCCN. The molecule has 0 rings (SSSR count). The Hall–Kier alpha value is -0.610. The average Bonchev–Trinajstić information content (AvgIpc) is 2.58. The van der Waals surface area contributed by atoms with Crippen LogP contribution in [-0.4, -0.2) is 30.2 Å². The molecule has 0 spiro atoms. The molecule has 1 atom stereocenters. The van der Waals surface area contributed by atoms with E-state index >= 15 is 0 Å². The van der Waals surface area contributed by atoms with Gasteiger partial charge in [0.05, 0.1) is 6.10 Å². The molecule has 0 fully saturated rings. The first-order valence-electron chi connectivity index (χ1n) is 10.4. The number of amides is 1. The predicted molar refractivity (Wildman–Crippen MR) is 103 cm³/mol. The maximum absolute atomic E-state index is 11.4. The van der Waals surface area contributed by atoms with E-state index in [1.807, 2.05) is 0 Å². The van der Waals surface area contributed by atoms with Gasteiger partial charge >= 0.3 is 0 Å². The molecule has 144 valence electrons. The molecule has 0 aromatic carbocycles. The summed E-state index contributed by atoms with van der Waals surface area (Å²) < 4.78 is 0. The third-order valence-electron chi connectivity index (χ3n) is 4.55. The number of unbranched alkanes of at least 4 members (excludes halogenated alkanes) is 10. The van der Waals surface area contributed by atoms with E-state index in [9.17, 15) is 9.90 Å². The third-order valence-corrected chi connectivity index (χ3v) is 4.55. The van der Waals surface area contributed by atoms with Gasteiger partial charge in [-0.25, -0.2) is 0 Å². The van der Waals surface area contributed by atoms with Crippen molar-refractivity contribution >= 4 is 5.91 Å². The lowest BCUT2D eigenvalue weighted by atomic mass is 10.0. The van der Waals surface area contributed by atoms with E-state index in [4.69, 9.17) is 5.73 Å². The van der Waals surface area contributed by atoms with E-state index in [0.29, 0.717) is 19.5 Å². The lowest BCUT2D eigenvalue weighted by molar-refractivity contribution is -0.121. The van der Waals surface area contributed by atoms with Gasteiger partial charge in [0.1, 0.15) is 0 Å². The molecule has 24 heavy (non-hydrogen) atoms. The molecule has 0 aliphatic heterocycles. The molecule has 0 saturated heterocycles. The first kappa shape index (κ1) is 23.4. The topological polar surface area (TPSA) is 75.3 Å². The fourth-order valence-electron chi connectivity index (χ4n) is 2.98. The smallest absolute Gasteiger partial charge is 0.220 e. The number of carbonyl (C=O) groups is 1. The van der Waals surface area contributed by atoms with Crippen molar-refractivity contribution in [1.82, 2.24) is 5.32 Å². The van der Waals surface area contributed by atoms with Gasteiger partial charge in [0.15, 0.2) is 0 Å². The predicted octanol–water partition coefficient (Wildman–Crippen LogP) is 4.29. The monoisotopic (exact) mass is 342 g/mol. The summed E-state index contributed by atoms with van der Waals surface area (Å²) in [7, 11) is 0. The molecule has 0 heterocycles. The number of aliphatic hydroxyl groups is 1. The number of carbonyl (C=O) groups excluding carboxylic acids is 1. The minimum Gasteiger partial charge on any atom is -0.393 e. The van der Waals surface area contributed by atoms with Gasteiger partial charge in [-0.3, -0.25) is 4.79 Å². The second-order valence-corrected chi connectivity index (χ2v) is 7.01. The first-order valence-corrected chi connectivity index (χ1v) is 10.4. The van der Waals surface area contributed by atoms with E-state index < -0.39 is 0 Å². The second-order valence-electron chi connectivity index (χ2n) is 7.01. The number of rotatable bonds is 18. The summed E-state index contributed by atoms with van der Waals surface area (Å²) in [6, 6.07) is 0. The lowest BCUT2D eigenvalue weighted by Crippen LogP contribution is -2.28. The van der Waals surface area contributed by atoms with E-state index in [0.717, 1.165) is 32.1 Å². The molecule has 4 heteroatoms. The molecule has 0 radical (unpaired) electrons. The Labute approximate surface area is 150 Å². The highest BCUT2D eigenvalue weighted by Gasteiger charge is 2.03. The summed E-state index contributed by atoms with van der Waals surface area (Å²) >= 11 is 0. The lowest BCUT2D eigenvalue weighted by Gasteiger charge is -2.10. The summed E-state index contributed by atoms with van der Waals surface area (Å²) in [5.74, 6) is 0.133. The first-order chi connectivity index (χ1) is 11.7. The standard InChI is InChI=1S/C20H42N2O2/c1-2-3-4-11-14-19(23)15-12-9-7-5-6-8-10-13-16-20(24)22-18-17-21/h19,23H,2-18,21H2,1H3,(H,22,24). The van der Waals surface area contributed by atoms with Crippen LogP contribution in [0.3, 0.4) is 0 Å². The third kappa shape index (κ3) is 17.7. The molecule has 4 N–H and O–H groups in total. The summed E-state index contributed by atoms with van der Waals surface area (Å²) in [4.78, 5) is 11.4. The molecule has 0 aliphatic rings. The van der Waals surface area contributed by atoms with Gasteiger partial charge in [0.2, 0.25) is 5.91 Å². The van der Waals surface area contributed by atoms with Crippen molar-refractivity contribution in [2.24, 2.45) is 5.73 Å². The fraction of sp³-hybridized carbons (Fsp3) is 0.950. The van der Waals surface area contributed by atoms with Gasteiger partial charge in [-0.2, -0.15) is 0 Å². The van der Waals surface area contributed by atoms with Crippen LogP contribution in [0.5, 0.6) is 0 Å².